The third kappa shape index (κ3) is 3.80. The minimum atomic E-state index is -0.913. The Bertz CT molecular complexity index is 1130. The molecule has 2 heterocycles. The van der Waals surface area contributed by atoms with E-state index < -0.39 is 5.60 Å². The van der Waals surface area contributed by atoms with Gasteiger partial charge in [-0.1, -0.05) is 24.3 Å². The van der Waals surface area contributed by atoms with E-state index in [0.29, 0.717) is 24.2 Å². The van der Waals surface area contributed by atoms with E-state index in [0.717, 1.165) is 35.7 Å². The number of benzene rings is 1. The number of rotatable bonds is 2. The van der Waals surface area contributed by atoms with Crippen LogP contribution in [0.15, 0.2) is 36.7 Å². The Morgan fingerprint density at radius 2 is 2.07 bits per heavy atom. The summed E-state index contributed by atoms with van der Waals surface area (Å²) in [5.41, 5.74) is 6.91. The first kappa shape index (κ1) is 19.0. The Morgan fingerprint density at radius 3 is 2.79 bits per heavy atom. The number of nitrogens with one attached hydrogen (secondary N) is 1. The molecule has 1 aliphatic carbocycles. The van der Waals surface area contributed by atoms with Crippen molar-refractivity contribution in [3.8, 4) is 17.7 Å². The number of nitrogen functional groups attached to an aromatic ring is 1. The molecular weight excluding hydrogens is 366 g/mol. The lowest BCUT2D eigenvalue weighted by Crippen LogP contribution is -2.29. The zero-order chi connectivity index (χ0) is 20.4. The van der Waals surface area contributed by atoms with Crippen LogP contribution < -0.4 is 11.1 Å². The van der Waals surface area contributed by atoms with E-state index in [2.05, 4.69) is 27.1 Å². The summed E-state index contributed by atoms with van der Waals surface area (Å²) in [5.74, 6) is 6.71. The van der Waals surface area contributed by atoms with E-state index >= 15 is 0 Å². The largest absolute Gasteiger partial charge is 0.378 e. The van der Waals surface area contributed by atoms with Crippen molar-refractivity contribution in [1.29, 1.82) is 0 Å². The van der Waals surface area contributed by atoms with Crippen molar-refractivity contribution in [2.75, 3.05) is 12.8 Å². The van der Waals surface area contributed by atoms with Gasteiger partial charge >= 0.3 is 0 Å². The van der Waals surface area contributed by atoms with Gasteiger partial charge in [0, 0.05) is 30.4 Å². The Kier molecular flexibility index (Phi) is 4.95. The predicted octanol–water partition coefficient (Wildman–Crippen LogP) is 2.41. The van der Waals surface area contributed by atoms with Gasteiger partial charge in [0.15, 0.2) is 0 Å². The van der Waals surface area contributed by atoms with Crippen molar-refractivity contribution in [2.45, 2.75) is 37.7 Å². The summed E-state index contributed by atoms with van der Waals surface area (Å²) in [6, 6.07) is 7.37. The molecule has 4 N–H and O–H groups in total. The number of nitrogens with two attached hydrogens (primary N) is 1. The molecule has 1 aliphatic rings. The Balaban J connectivity index is 1.82. The van der Waals surface area contributed by atoms with Crippen molar-refractivity contribution < 1.29 is 9.90 Å². The van der Waals surface area contributed by atoms with E-state index in [1.165, 1.54) is 0 Å². The van der Waals surface area contributed by atoms with Gasteiger partial charge in [0.05, 0.1) is 11.1 Å². The van der Waals surface area contributed by atoms with Crippen LogP contribution in [0.5, 0.6) is 0 Å². The molecule has 148 valence electrons. The number of fused-ring (bicyclic) bond motifs is 1. The van der Waals surface area contributed by atoms with Gasteiger partial charge < -0.3 is 20.7 Å². The molecule has 2 aromatic heterocycles. The summed E-state index contributed by atoms with van der Waals surface area (Å²) in [5, 5.41) is 14.1. The minimum Gasteiger partial charge on any atom is -0.378 e. The second-order valence-electron chi connectivity index (χ2n) is 7.34. The van der Waals surface area contributed by atoms with Gasteiger partial charge in [-0.05, 0) is 43.9 Å². The van der Waals surface area contributed by atoms with Crippen LogP contribution in [0.4, 0.5) is 5.95 Å². The molecule has 1 saturated carbocycles. The number of anilines is 1. The maximum atomic E-state index is 12.4. The van der Waals surface area contributed by atoms with E-state index in [4.69, 9.17) is 5.73 Å². The van der Waals surface area contributed by atoms with Crippen LogP contribution in [0.2, 0.25) is 0 Å². The molecule has 1 aromatic carbocycles. The van der Waals surface area contributed by atoms with Gasteiger partial charge in [-0.2, -0.15) is 4.98 Å². The van der Waals surface area contributed by atoms with Crippen LogP contribution in [0, 0.1) is 11.8 Å². The highest BCUT2D eigenvalue weighted by Crippen LogP contribution is 2.28. The smallest absolute Gasteiger partial charge is 0.253 e. The van der Waals surface area contributed by atoms with E-state index in [9.17, 15) is 9.90 Å². The molecule has 7 nitrogen and oxygen atoms in total. The maximum absolute atomic E-state index is 12.4. The van der Waals surface area contributed by atoms with Crippen LogP contribution in [-0.4, -0.2) is 38.2 Å². The molecule has 0 atom stereocenters. The molecule has 0 saturated heterocycles. The molecule has 3 aromatic rings. The third-order valence-corrected chi connectivity index (χ3v) is 5.30. The van der Waals surface area contributed by atoms with Crippen LogP contribution in [0.1, 0.15) is 48.0 Å². The fourth-order valence-electron chi connectivity index (χ4n) is 3.76. The molecule has 29 heavy (non-hydrogen) atoms. The molecule has 1 fully saturated rings. The molecule has 0 unspecified atom stereocenters. The van der Waals surface area contributed by atoms with Gasteiger partial charge in [0.1, 0.15) is 11.4 Å². The van der Waals surface area contributed by atoms with Gasteiger partial charge in [-0.25, -0.2) is 4.98 Å². The normalized spacial score (nSPS) is 15.5. The Morgan fingerprint density at radius 1 is 1.28 bits per heavy atom. The molecule has 1 amide bonds. The molecule has 7 heteroatoms. The predicted molar refractivity (Wildman–Crippen MR) is 112 cm³/mol. The van der Waals surface area contributed by atoms with Crippen molar-refractivity contribution in [1.82, 2.24) is 19.9 Å². The molecule has 0 aliphatic heterocycles. The number of aromatic nitrogens is 3. The van der Waals surface area contributed by atoms with Crippen molar-refractivity contribution in [2.24, 2.45) is 0 Å². The molecule has 0 spiro atoms. The standard InChI is InChI=1S/C22H23N5O2/c1-24-20(28)17-14-27(19-8-12-25-21(23)26-19)18-13-15(5-6-16(17)18)7-11-22(29)9-3-2-4-10-22/h5-6,8,12-14,29H,2-4,9-10H2,1H3,(H,24,28)(H2,23,25,26). The second-order valence-corrected chi connectivity index (χ2v) is 7.34. The topological polar surface area (TPSA) is 106 Å². The van der Waals surface area contributed by atoms with Crippen molar-refractivity contribution in [3.63, 3.8) is 0 Å². The summed E-state index contributed by atoms with van der Waals surface area (Å²) in [6.45, 7) is 0. The van der Waals surface area contributed by atoms with Gasteiger partial charge in [-0.3, -0.25) is 4.79 Å². The number of amides is 1. The second kappa shape index (κ2) is 7.57. The highest BCUT2D eigenvalue weighted by molar-refractivity contribution is 6.07. The minimum absolute atomic E-state index is 0.154. The van der Waals surface area contributed by atoms with E-state index in [-0.39, 0.29) is 11.9 Å². The average Bonchev–Trinajstić information content (AvgIpc) is 3.11. The van der Waals surface area contributed by atoms with Gasteiger partial charge in [-0.15, -0.1) is 0 Å². The van der Waals surface area contributed by atoms with Crippen LogP contribution in [0.25, 0.3) is 16.7 Å². The lowest BCUT2D eigenvalue weighted by atomic mass is 9.85. The van der Waals surface area contributed by atoms with Crippen LogP contribution in [0.3, 0.4) is 0 Å². The number of aliphatic hydroxyl groups is 1. The van der Waals surface area contributed by atoms with Gasteiger partial charge in [0.2, 0.25) is 5.95 Å². The molecule has 0 bridgehead atoms. The number of hydrogen-bond acceptors (Lipinski definition) is 5. The quantitative estimate of drug-likeness (QED) is 0.584. The molecular formula is C22H23N5O2. The Labute approximate surface area is 169 Å². The Hall–Kier alpha value is -3.37. The zero-order valence-corrected chi connectivity index (χ0v) is 16.3. The lowest BCUT2D eigenvalue weighted by Gasteiger charge is -2.26. The number of hydrogen-bond donors (Lipinski definition) is 3. The lowest BCUT2D eigenvalue weighted by molar-refractivity contribution is 0.0610. The highest BCUT2D eigenvalue weighted by Gasteiger charge is 2.26. The molecule has 0 radical (unpaired) electrons. The maximum Gasteiger partial charge on any atom is 0.253 e. The summed E-state index contributed by atoms with van der Waals surface area (Å²) < 4.78 is 1.80. The first-order chi connectivity index (χ1) is 14.0. The van der Waals surface area contributed by atoms with Gasteiger partial charge in [0.25, 0.3) is 5.91 Å². The molecule has 4 rings (SSSR count). The summed E-state index contributed by atoms with van der Waals surface area (Å²) in [7, 11) is 1.60. The van der Waals surface area contributed by atoms with E-state index in [1.807, 2.05) is 18.2 Å². The fraction of sp³-hybridized carbons (Fsp3) is 0.318. The van der Waals surface area contributed by atoms with Crippen LogP contribution in [-0.2, 0) is 0 Å². The first-order valence-corrected chi connectivity index (χ1v) is 9.71. The highest BCUT2D eigenvalue weighted by atomic mass is 16.3. The number of nitrogens with zero attached hydrogens (tertiary/aromatic N) is 3. The summed E-state index contributed by atoms with van der Waals surface area (Å²) >= 11 is 0. The number of carbonyl (C=O) groups is 1. The van der Waals surface area contributed by atoms with Crippen LogP contribution >= 0.6 is 0 Å². The first-order valence-electron chi connectivity index (χ1n) is 9.71. The fourth-order valence-corrected chi connectivity index (χ4v) is 3.76. The zero-order valence-electron chi connectivity index (χ0n) is 16.3. The monoisotopic (exact) mass is 389 g/mol. The van der Waals surface area contributed by atoms with Crippen molar-refractivity contribution >= 4 is 22.8 Å². The van der Waals surface area contributed by atoms with E-state index in [1.54, 1.807) is 30.1 Å². The average molecular weight is 389 g/mol. The SMILES string of the molecule is CNC(=O)c1cn(-c2ccnc(N)n2)c2cc(C#CC3(O)CCCCC3)ccc12. The van der Waals surface area contributed by atoms with Crippen molar-refractivity contribution in [3.05, 3.63) is 47.8 Å². The number of carbonyl (C=O) groups excluding carboxylic acids is 1. The third-order valence-electron chi connectivity index (χ3n) is 5.30. The summed E-state index contributed by atoms with van der Waals surface area (Å²) in [4.78, 5) is 20.6. The summed E-state index contributed by atoms with van der Waals surface area (Å²) in [6.07, 6.45) is 7.87.